The minimum absolute atomic E-state index is 0.823. The highest BCUT2D eigenvalue weighted by molar-refractivity contribution is 6.33. The van der Waals surface area contributed by atoms with E-state index in [9.17, 15) is 0 Å². The molecule has 0 saturated carbocycles. The first kappa shape index (κ1) is 11.3. The molecule has 1 aromatic rings. The van der Waals surface area contributed by atoms with Gasteiger partial charge in [0.15, 0.2) is 0 Å². The van der Waals surface area contributed by atoms with Gasteiger partial charge in [0, 0.05) is 14.1 Å². The molecular formula is C11H17ClN2. The van der Waals surface area contributed by atoms with Crippen LogP contribution in [0.2, 0.25) is 5.02 Å². The SMILES string of the molecule is CNCCc1ccc(N(C)C)c(Cl)c1. The summed E-state index contributed by atoms with van der Waals surface area (Å²) in [6, 6.07) is 6.22. The van der Waals surface area contributed by atoms with Crippen molar-refractivity contribution in [1.82, 2.24) is 5.32 Å². The smallest absolute Gasteiger partial charge is 0.0642 e. The van der Waals surface area contributed by atoms with Gasteiger partial charge in [-0.05, 0) is 37.7 Å². The summed E-state index contributed by atoms with van der Waals surface area (Å²) in [6.45, 7) is 0.984. The van der Waals surface area contributed by atoms with Crippen molar-refractivity contribution >= 4 is 17.3 Å². The van der Waals surface area contributed by atoms with Crippen LogP contribution in [0.1, 0.15) is 5.56 Å². The number of nitrogens with zero attached hydrogens (tertiary/aromatic N) is 1. The minimum Gasteiger partial charge on any atom is -0.376 e. The Morgan fingerprint density at radius 2 is 2.07 bits per heavy atom. The summed E-state index contributed by atoms with van der Waals surface area (Å²) in [7, 11) is 5.94. The van der Waals surface area contributed by atoms with Crippen LogP contribution < -0.4 is 10.2 Å². The third-order valence-electron chi connectivity index (χ3n) is 2.16. The predicted octanol–water partition coefficient (Wildman–Crippen LogP) is 2.17. The Morgan fingerprint density at radius 1 is 1.36 bits per heavy atom. The Labute approximate surface area is 90.9 Å². The highest BCUT2D eigenvalue weighted by Gasteiger charge is 2.02. The molecule has 0 spiro atoms. The first-order valence-electron chi connectivity index (χ1n) is 4.75. The molecule has 1 aromatic carbocycles. The van der Waals surface area contributed by atoms with Gasteiger partial charge >= 0.3 is 0 Å². The molecule has 0 fully saturated rings. The summed E-state index contributed by atoms with van der Waals surface area (Å²) in [5.41, 5.74) is 2.34. The van der Waals surface area contributed by atoms with Gasteiger partial charge in [0.2, 0.25) is 0 Å². The highest BCUT2D eigenvalue weighted by atomic mass is 35.5. The van der Waals surface area contributed by atoms with Crippen molar-refractivity contribution in [3.8, 4) is 0 Å². The molecule has 0 aliphatic carbocycles. The van der Waals surface area contributed by atoms with Gasteiger partial charge in [-0.1, -0.05) is 17.7 Å². The molecule has 14 heavy (non-hydrogen) atoms. The summed E-state index contributed by atoms with van der Waals surface area (Å²) in [6.07, 6.45) is 1.02. The van der Waals surface area contributed by atoms with Crippen LogP contribution in [0.3, 0.4) is 0 Å². The van der Waals surface area contributed by atoms with Gasteiger partial charge in [-0.3, -0.25) is 0 Å². The van der Waals surface area contributed by atoms with E-state index in [0.29, 0.717) is 0 Å². The second-order valence-electron chi connectivity index (χ2n) is 3.53. The van der Waals surface area contributed by atoms with E-state index >= 15 is 0 Å². The van der Waals surface area contributed by atoms with Crippen molar-refractivity contribution in [1.29, 1.82) is 0 Å². The van der Waals surface area contributed by atoms with E-state index < -0.39 is 0 Å². The van der Waals surface area contributed by atoms with Crippen LogP contribution >= 0.6 is 11.6 Å². The van der Waals surface area contributed by atoms with Crippen molar-refractivity contribution in [2.75, 3.05) is 32.6 Å². The molecule has 0 atom stereocenters. The molecule has 0 amide bonds. The molecule has 3 heteroatoms. The van der Waals surface area contributed by atoms with Gasteiger partial charge in [0.1, 0.15) is 0 Å². The van der Waals surface area contributed by atoms with Gasteiger partial charge in [0.05, 0.1) is 10.7 Å². The molecule has 2 nitrogen and oxygen atoms in total. The molecule has 78 valence electrons. The molecule has 1 rings (SSSR count). The zero-order valence-electron chi connectivity index (χ0n) is 8.97. The minimum atomic E-state index is 0.823. The fourth-order valence-electron chi connectivity index (χ4n) is 1.34. The number of anilines is 1. The maximum Gasteiger partial charge on any atom is 0.0642 e. The Balaban J connectivity index is 2.78. The van der Waals surface area contributed by atoms with Crippen molar-refractivity contribution in [2.24, 2.45) is 0 Å². The molecule has 0 saturated heterocycles. The zero-order valence-corrected chi connectivity index (χ0v) is 9.73. The van der Waals surface area contributed by atoms with Gasteiger partial charge < -0.3 is 10.2 Å². The number of rotatable bonds is 4. The average molecular weight is 213 g/mol. The topological polar surface area (TPSA) is 15.3 Å². The Bertz CT molecular complexity index is 297. The van der Waals surface area contributed by atoms with Crippen molar-refractivity contribution in [3.05, 3.63) is 28.8 Å². The number of nitrogens with one attached hydrogen (secondary N) is 1. The first-order valence-corrected chi connectivity index (χ1v) is 5.13. The first-order chi connectivity index (χ1) is 6.65. The third-order valence-corrected chi connectivity index (χ3v) is 2.46. The number of benzene rings is 1. The molecular weight excluding hydrogens is 196 g/mol. The zero-order chi connectivity index (χ0) is 10.6. The maximum absolute atomic E-state index is 6.14. The monoisotopic (exact) mass is 212 g/mol. The summed E-state index contributed by atoms with van der Waals surface area (Å²) in [4.78, 5) is 2.02. The van der Waals surface area contributed by atoms with Crippen LogP contribution in [-0.2, 0) is 6.42 Å². The number of likely N-dealkylation sites (N-methyl/N-ethyl adjacent to an activating group) is 1. The lowest BCUT2D eigenvalue weighted by molar-refractivity contribution is 0.792. The third kappa shape index (κ3) is 2.89. The summed E-state index contributed by atoms with van der Waals surface area (Å²) < 4.78 is 0. The van der Waals surface area contributed by atoms with E-state index in [0.717, 1.165) is 23.7 Å². The van der Waals surface area contributed by atoms with Crippen LogP contribution in [0, 0.1) is 0 Å². The van der Waals surface area contributed by atoms with E-state index in [2.05, 4.69) is 17.4 Å². The fraction of sp³-hybridized carbons (Fsp3) is 0.455. The maximum atomic E-state index is 6.14. The summed E-state index contributed by atoms with van der Waals surface area (Å²) in [5.74, 6) is 0. The molecule has 0 aliphatic rings. The van der Waals surface area contributed by atoms with Gasteiger partial charge in [-0.15, -0.1) is 0 Å². The van der Waals surface area contributed by atoms with Crippen molar-refractivity contribution in [2.45, 2.75) is 6.42 Å². The lowest BCUT2D eigenvalue weighted by Crippen LogP contribution is -2.11. The average Bonchev–Trinajstić information content (AvgIpc) is 2.14. The molecule has 0 bridgehead atoms. The summed E-state index contributed by atoms with van der Waals surface area (Å²) >= 11 is 6.14. The predicted molar refractivity (Wildman–Crippen MR) is 63.4 cm³/mol. The number of hydrogen-bond donors (Lipinski definition) is 1. The van der Waals surface area contributed by atoms with E-state index in [1.807, 2.05) is 32.1 Å². The van der Waals surface area contributed by atoms with Crippen LogP contribution in [0.15, 0.2) is 18.2 Å². The second-order valence-corrected chi connectivity index (χ2v) is 3.94. The molecule has 0 heterocycles. The largest absolute Gasteiger partial charge is 0.376 e. The van der Waals surface area contributed by atoms with Crippen LogP contribution in [0.4, 0.5) is 5.69 Å². The van der Waals surface area contributed by atoms with Crippen molar-refractivity contribution in [3.63, 3.8) is 0 Å². The fourth-order valence-corrected chi connectivity index (χ4v) is 1.71. The standard InChI is InChI=1S/C11H17ClN2/c1-13-7-6-9-4-5-11(14(2)3)10(12)8-9/h4-5,8,13H,6-7H2,1-3H3. The van der Waals surface area contributed by atoms with E-state index in [4.69, 9.17) is 11.6 Å². The van der Waals surface area contributed by atoms with E-state index in [-0.39, 0.29) is 0 Å². The van der Waals surface area contributed by atoms with Crippen LogP contribution in [0.25, 0.3) is 0 Å². The quantitative estimate of drug-likeness (QED) is 0.823. The van der Waals surface area contributed by atoms with Crippen molar-refractivity contribution < 1.29 is 0 Å². The molecule has 1 N–H and O–H groups in total. The Morgan fingerprint density at radius 3 is 2.57 bits per heavy atom. The van der Waals surface area contributed by atoms with Gasteiger partial charge in [-0.2, -0.15) is 0 Å². The molecule has 0 radical (unpaired) electrons. The normalized spacial score (nSPS) is 10.3. The summed E-state index contributed by atoms with van der Waals surface area (Å²) in [5, 5.41) is 3.94. The second kappa shape index (κ2) is 5.23. The lowest BCUT2D eigenvalue weighted by Gasteiger charge is -2.15. The number of hydrogen-bond acceptors (Lipinski definition) is 2. The number of halogens is 1. The molecule has 0 unspecified atom stereocenters. The Kier molecular flexibility index (Phi) is 4.23. The van der Waals surface area contributed by atoms with Gasteiger partial charge in [-0.25, -0.2) is 0 Å². The van der Waals surface area contributed by atoms with Gasteiger partial charge in [0.25, 0.3) is 0 Å². The van der Waals surface area contributed by atoms with Crippen LogP contribution in [-0.4, -0.2) is 27.7 Å². The highest BCUT2D eigenvalue weighted by Crippen LogP contribution is 2.25. The molecule has 0 aliphatic heterocycles. The lowest BCUT2D eigenvalue weighted by atomic mass is 10.1. The molecule has 0 aromatic heterocycles. The van der Waals surface area contributed by atoms with E-state index in [1.165, 1.54) is 5.56 Å². The van der Waals surface area contributed by atoms with Crippen LogP contribution in [0.5, 0.6) is 0 Å². The Hall–Kier alpha value is -0.730. The van der Waals surface area contributed by atoms with E-state index in [1.54, 1.807) is 0 Å².